The average molecular weight is 343 g/mol. The molecule has 106 valence electrons. The third-order valence-corrected chi connectivity index (χ3v) is 3.48. The average Bonchev–Trinajstić information content (AvgIpc) is 2.73. The lowest BCUT2D eigenvalue weighted by molar-refractivity contribution is 0.0995. The van der Waals surface area contributed by atoms with Crippen molar-refractivity contribution in [2.75, 3.05) is 0 Å². The van der Waals surface area contributed by atoms with Gasteiger partial charge in [0.05, 0.1) is 23.1 Å². The molecule has 0 bridgehead atoms. The van der Waals surface area contributed by atoms with Gasteiger partial charge in [0.1, 0.15) is 11.6 Å². The maximum absolute atomic E-state index is 13.6. The highest BCUT2D eigenvalue weighted by Gasteiger charge is 2.18. The number of rotatable bonds is 4. The van der Waals surface area contributed by atoms with Gasteiger partial charge in [-0.3, -0.25) is 9.48 Å². The highest BCUT2D eigenvalue weighted by atomic mass is 79.9. The minimum Gasteiger partial charge on any atom is -0.293 e. The molecule has 0 spiro atoms. The molecule has 0 fully saturated rings. The number of benzene rings is 1. The number of ketones is 1. The molecule has 1 aromatic carbocycles. The van der Waals surface area contributed by atoms with E-state index in [4.69, 9.17) is 0 Å². The van der Waals surface area contributed by atoms with Gasteiger partial charge in [0.15, 0.2) is 5.78 Å². The van der Waals surface area contributed by atoms with Crippen LogP contribution in [0, 0.1) is 18.6 Å². The summed E-state index contributed by atoms with van der Waals surface area (Å²) >= 11 is 3.22. The van der Waals surface area contributed by atoms with E-state index in [0.717, 1.165) is 6.07 Å². The van der Waals surface area contributed by atoms with Crippen molar-refractivity contribution in [3.05, 3.63) is 52.9 Å². The van der Waals surface area contributed by atoms with Gasteiger partial charge < -0.3 is 0 Å². The number of hydrogen-bond donors (Lipinski definition) is 0. The standard InChI is InChI=1S/C14H13BrF2N2O/c1-8(15)14(20)12-6-18-19(9(12)2)7-10-3-4-11(16)5-13(10)17/h3-6,8H,7H2,1-2H3. The highest BCUT2D eigenvalue weighted by Crippen LogP contribution is 2.17. The second kappa shape index (κ2) is 5.83. The smallest absolute Gasteiger partial charge is 0.179 e. The van der Waals surface area contributed by atoms with Crippen LogP contribution in [0.4, 0.5) is 8.78 Å². The van der Waals surface area contributed by atoms with Crippen LogP contribution in [-0.4, -0.2) is 20.4 Å². The summed E-state index contributed by atoms with van der Waals surface area (Å²) in [5.41, 5.74) is 1.48. The molecule has 0 amide bonds. The molecule has 6 heteroatoms. The Kier molecular flexibility index (Phi) is 4.32. The van der Waals surface area contributed by atoms with Crippen LogP contribution in [0.2, 0.25) is 0 Å². The first kappa shape index (κ1) is 14.8. The van der Waals surface area contributed by atoms with Crippen LogP contribution in [0.5, 0.6) is 0 Å². The second-order valence-corrected chi connectivity index (χ2v) is 5.89. The minimum atomic E-state index is -0.623. The number of hydrogen-bond acceptors (Lipinski definition) is 2. The van der Waals surface area contributed by atoms with E-state index in [-0.39, 0.29) is 17.2 Å². The summed E-state index contributed by atoms with van der Waals surface area (Å²) < 4.78 is 28.0. The van der Waals surface area contributed by atoms with Gasteiger partial charge in [0.2, 0.25) is 0 Å². The van der Waals surface area contributed by atoms with Crippen LogP contribution in [0.15, 0.2) is 24.4 Å². The summed E-state index contributed by atoms with van der Waals surface area (Å²) in [5, 5.41) is 4.09. The molecule has 2 rings (SSSR count). The monoisotopic (exact) mass is 342 g/mol. The van der Waals surface area contributed by atoms with Crippen molar-refractivity contribution in [3.8, 4) is 0 Å². The lowest BCUT2D eigenvalue weighted by Gasteiger charge is -2.07. The molecule has 0 aliphatic heterocycles. The van der Waals surface area contributed by atoms with Crippen LogP contribution in [-0.2, 0) is 6.54 Å². The Balaban J connectivity index is 2.29. The third-order valence-electron chi connectivity index (χ3n) is 3.07. The van der Waals surface area contributed by atoms with Crippen LogP contribution in [0.1, 0.15) is 28.5 Å². The van der Waals surface area contributed by atoms with E-state index in [9.17, 15) is 13.6 Å². The highest BCUT2D eigenvalue weighted by molar-refractivity contribution is 9.10. The Morgan fingerprint density at radius 3 is 2.75 bits per heavy atom. The van der Waals surface area contributed by atoms with E-state index in [1.807, 2.05) is 0 Å². The normalized spacial score (nSPS) is 12.4. The van der Waals surface area contributed by atoms with E-state index in [0.29, 0.717) is 16.8 Å². The van der Waals surface area contributed by atoms with Gasteiger partial charge in [-0.15, -0.1) is 0 Å². The summed E-state index contributed by atoms with van der Waals surface area (Å²) in [6.07, 6.45) is 1.47. The van der Waals surface area contributed by atoms with E-state index in [1.165, 1.54) is 23.0 Å². The van der Waals surface area contributed by atoms with Crippen molar-refractivity contribution in [1.29, 1.82) is 0 Å². The van der Waals surface area contributed by atoms with Crippen molar-refractivity contribution >= 4 is 21.7 Å². The summed E-state index contributed by atoms with van der Waals surface area (Å²) in [7, 11) is 0. The summed E-state index contributed by atoms with van der Waals surface area (Å²) in [6.45, 7) is 3.64. The molecular weight excluding hydrogens is 330 g/mol. The number of carbonyl (C=O) groups excluding carboxylic acids is 1. The first-order valence-electron chi connectivity index (χ1n) is 6.04. The minimum absolute atomic E-state index is 0.0756. The van der Waals surface area contributed by atoms with E-state index in [1.54, 1.807) is 13.8 Å². The Morgan fingerprint density at radius 2 is 2.15 bits per heavy atom. The van der Waals surface area contributed by atoms with Crippen molar-refractivity contribution in [3.63, 3.8) is 0 Å². The fourth-order valence-electron chi connectivity index (χ4n) is 1.87. The zero-order valence-corrected chi connectivity index (χ0v) is 12.6. The predicted molar refractivity (Wildman–Crippen MR) is 75.1 cm³/mol. The van der Waals surface area contributed by atoms with Crippen molar-refractivity contribution in [2.45, 2.75) is 25.2 Å². The molecule has 3 nitrogen and oxygen atoms in total. The predicted octanol–water partition coefficient (Wildman–Crippen LogP) is 3.48. The molecular formula is C14H13BrF2N2O. The number of halogens is 3. The Hall–Kier alpha value is -1.56. The topological polar surface area (TPSA) is 34.9 Å². The molecule has 0 saturated carbocycles. The molecule has 0 aliphatic rings. The molecule has 0 N–H and O–H groups in total. The van der Waals surface area contributed by atoms with Crippen LogP contribution in [0.3, 0.4) is 0 Å². The molecule has 1 aromatic heterocycles. The number of alkyl halides is 1. The molecule has 1 unspecified atom stereocenters. The molecule has 1 atom stereocenters. The lowest BCUT2D eigenvalue weighted by Crippen LogP contribution is -2.12. The fourth-order valence-corrected chi connectivity index (χ4v) is 2.12. The van der Waals surface area contributed by atoms with Gasteiger partial charge in [0.25, 0.3) is 0 Å². The Morgan fingerprint density at radius 1 is 1.45 bits per heavy atom. The number of nitrogens with zero attached hydrogens (tertiary/aromatic N) is 2. The summed E-state index contributed by atoms with van der Waals surface area (Å²) in [4.78, 5) is 11.6. The molecule has 0 radical (unpaired) electrons. The maximum atomic E-state index is 13.6. The zero-order chi connectivity index (χ0) is 14.9. The fraction of sp³-hybridized carbons (Fsp3) is 0.286. The largest absolute Gasteiger partial charge is 0.293 e. The van der Waals surface area contributed by atoms with Gasteiger partial charge in [0, 0.05) is 17.3 Å². The summed E-state index contributed by atoms with van der Waals surface area (Å²) in [6, 6.07) is 3.41. The van der Waals surface area contributed by atoms with E-state index in [2.05, 4.69) is 21.0 Å². The van der Waals surface area contributed by atoms with E-state index < -0.39 is 11.6 Å². The maximum Gasteiger partial charge on any atom is 0.179 e. The van der Waals surface area contributed by atoms with Crippen LogP contribution < -0.4 is 0 Å². The zero-order valence-electron chi connectivity index (χ0n) is 11.0. The third kappa shape index (κ3) is 2.95. The van der Waals surface area contributed by atoms with E-state index >= 15 is 0 Å². The number of aromatic nitrogens is 2. The Bertz CT molecular complexity index is 653. The molecule has 2 aromatic rings. The number of carbonyl (C=O) groups is 1. The van der Waals surface area contributed by atoms with Crippen LogP contribution >= 0.6 is 15.9 Å². The van der Waals surface area contributed by atoms with Gasteiger partial charge in [-0.1, -0.05) is 22.0 Å². The summed E-state index contributed by atoms with van der Waals surface area (Å²) in [5.74, 6) is -1.32. The van der Waals surface area contributed by atoms with Crippen molar-refractivity contribution < 1.29 is 13.6 Å². The van der Waals surface area contributed by atoms with Gasteiger partial charge >= 0.3 is 0 Å². The first-order chi connectivity index (χ1) is 9.40. The van der Waals surface area contributed by atoms with Gasteiger partial charge in [-0.25, -0.2) is 8.78 Å². The molecule has 1 heterocycles. The van der Waals surface area contributed by atoms with Gasteiger partial charge in [-0.05, 0) is 19.9 Å². The van der Waals surface area contributed by atoms with Gasteiger partial charge in [-0.2, -0.15) is 5.10 Å². The molecule has 0 saturated heterocycles. The quantitative estimate of drug-likeness (QED) is 0.629. The Labute approximate surface area is 123 Å². The van der Waals surface area contributed by atoms with Crippen LogP contribution in [0.25, 0.3) is 0 Å². The van der Waals surface area contributed by atoms with Crippen molar-refractivity contribution in [1.82, 2.24) is 9.78 Å². The second-order valence-electron chi connectivity index (χ2n) is 4.52. The van der Waals surface area contributed by atoms with Crippen molar-refractivity contribution in [2.24, 2.45) is 0 Å². The first-order valence-corrected chi connectivity index (χ1v) is 6.96. The molecule has 20 heavy (non-hydrogen) atoms. The molecule has 0 aliphatic carbocycles. The SMILES string of the molecule is Cc1c(C(=O)C(C)Br)cnn1Cc1ccc(F)cc1F. The lowest BCUT2D eigenvalue weighted by atomic mass is 10.1. The number of Topliss-reactive ketones (excluding diaryl/α,β-unsaturated/α-hetero) is 1.